The van der Waals surface area contributed by atoms with Crippen molar-refractivity contribution >= 4 is 34.1 Å². The van der Waals surface area contributed by atoms with Crippen LogP contribution in [0.1, 0.15) is 16.7 Å². The Balaban J connectivity index is 2.12. The van der Waals surface area contributed by atoms with Gasteiger partial charge in [-0.1, -0.05) is 52.5 Å². The van der Waals surface area contributed by atoms with Crippen LogP contribution in [0, 0.1) is 13.8 Å². The summed E-state index contributed by atoms with van der Waals surface area (Å²) >= 11 is 12.1. The molecule has 0 aliphatic heterocycles. The highest BCUT2D eigenvalue weighted by Crippen LogP contribution is 2.24. The zero-order valence-corrected chi connectivity index (χ0v) is 13.7. The first-order chi connectivity index (χ1) is 10.4. The number of hydrogen-bond donors (Lipinski definition) is 0. The third kappa shape index (κ3) is 2.87. The number of rotatable bonds is 2. The summed E-state index contributed by atoms with van der Waals surface area (Å²) in [6.45, 7) is 4.54. The van der Waals surface area contributed by atoms with Gasteiger partial charge in [-0.25, -0.2) is 4.98 Å². The van der Waals surface area contributed by atoms with Crippen LogP contribution in [-0.2, 0) is 6.54 Å². The van der Waals surface area contributed by atoms with E-state index in [9.17, 15) is 4.79 Å². The van der Waals surface area contributed by atoms with Crippen molar-refractivity contribution in [3.8, 4) is 0 Å². The SMILES string of the molecule is Cc1cc(C)cc(Cn2cnc3c(Cl)cc(Cl)cc3c2=O)c1. The lowest BCUT2D eigenvalue weighted by atomic mass is 10.1. The molecule has 0 unspecified atom stereocenters. The maximum Gasteiger partial charge on any atom is 0.261 e. The average molecular weight is 333 g/mol. The molecule has 3 aromatic rings. The molecule has 0 saturated carbocycles. The van der Waals surface area contributed by atoms with Crippen LogP contribution in [0.4, 0.5) is 0 Å². The van der Waals surface area contributed by atoms with Crippen molar-refractivity contribution < 1.29 is 0 Å². The van der Waals surface area contributed by atoms with E-state index in [1.54, 1.807) is 16.7 Å². The van der Waals surface area contributed by atoms with E-state index in [-0.39, 0.29) is 5.56 Å². The summed E-state index contributed by atoms with van der Waals surface area (Å²) in [6.07, 6.45) is 1.53. The number of aryl methyl sites for hydroxylation is 2. The van der Waals surface area contributed by atoms with Gasteiger partial charge in [0.1, 0.15) is 0 Å². The van der Waals surface area contributed by atoms with Gasteiger partial charge in [-0.05, 0) is 31.5 Å². The smallest absolute Gasteiger partial charge is 0.261 e. The average Bonchev–Trinajstić information content (AvgIpc) is 2.41. The molecule has 112 valence electrons. The molecule has 1 aromatic heterocycles. The number of nitrogens with zero attached hydrogens (tertiary/aromatic N) is 2. The normalized spacial score (nSPS) is 11.1. The molecule has 5 heteroatoms. The van der Waals surface area contributed by atoms with Gasteiger partial charge < -0.3 is 0 Å². The van der Waals surface area contributed by atoms with Gasteiger partial charge in [-0.2, -0.15) is 0 Å². The Labute approximate surface area is 138 Å². The molecule has 0 radical (unpaired) electrons. The molecular formula is C17H14Cl2N2O. The Morgan fingerprint density at radius 1 is 1.05 bits per heavy atom. The first-order valence-corrected chi connectivity index (χ1v) is 7.61. The molecule has 0 fully saturated rings. The van der Waals surface area contributed by atoms with E-state index < -0.39 is 0 Å². The summed E-state index contributed by atoms with van der Waals surface area (Å²) in [5.41, 5.74) is 3.74. The van der Waals surface area contributed by atoms with E-state index in [4.69, 9.17) is 23.2 Å². The predicted octanol–water partition coefficient (Wildman–Crippen LogP) is 4.37. The van der Waals surface area contributed by atoms with Gasteiger partial charge in [0.2, 0.25) is 0 Å². The number of hydrogen-bond acceptors (Lipinski definition) is 2. The molecule has 2 aromatic carbocycles. The predicted molar refractivity (Wildman–Crippen MR) is 91.0 cm³/mol. The van der Waals surface area contributed by atoms with Gasteiger partial charge in [-0.3, -0.25) is 9.36 Å². The maximum absolute atomic E-state index is 12.6. The van der Waals surface area contributed by atoms with Gasteiger partial charge in [-0.15, -0.1) is 0 Å². The Morgan fingerprint density at radius 2 is 1.73 bits per heavy atom. The Bertz CT molecular complexity index is 912. The van der Waals surface area contributed by atoms with E-state index in [2.05, 4.69) is 23.2 Å². The highest BCUT2D eigenvalue weighted by molar-refractivity contribution is 6.38. The summed E-state index contributed by atoms with van der Waals surface area (Å²) in [7, 11) is 0. The molecule has 3 rings (SSSR count). The summed E-state index contributed by atoms with van der Waals surface area (Å²) in [5, 5.41) is 1.25. The summed E-state index contributed by atoms with van der Waals surface area (Å²) in [5.74, 6) is 0. The van der Waals surface area contributed by atoms with Crippen LogP contribution in [0.5, 0.6) is 0 Å². The van der Waals surface area contributed by atoms with Gasteiger partial charge in [0.15, 0.2) is 0 Å². The van der Waals surface area contributed by atoms with Crippen molar-refractivity contribution in [3.05, 3.63) is 73.7 Å². The van der Waals surface area contributed by atoms with E-state index in [1.807, 2.05) is 13.8 Å². The number of fused-ring (bicyclic) bond motifs is 1. The topological polar surface area (TPSA) is 34.9 Å². The van der Waals surface area contributed by atoms with E-state index in [0.717, 1.165) is 5.56 Å². The molecule has 3 nitrogen and oxygen atoms in total. The fourth-order valence-electron chi connectivity index (χ4n) is 2.66. The van der Waals surface area contributed by atoms with Crippen molar-refractivity contribution in [1.29, 1.82) is 0 Å². The van der Waals surface area contributed by atoms with Crippen LogP contribution in [-0.4, -0.2) is 9.55 Å². The molecule has 22 heavy (non-hydrogen) atoms. The quantitative estimate of drug-likeness (QED) is 0.698. The third-order valence-electron chi connectivity index (χ3n) is 3.48. The van der Waals surface area contributed by atoms with Gasteiger partial charge >= 0.3 is 0 Å². The zero-order valence-electron chi connectivity index (χ0n) is 12.2. The van der Waals surface area contributed by atoms with Gasteiger partial charge in [0, 0.05) is 5.02 Å². The van der Waals surface area contributed by atoms with Crippen LogP contribution >= 0.6 is 23.2 Å². The Kier molecular flexibility index (Phi) is 3.94. The minimum atomic E-state index is -0.145. The second-order valence-corrected chi connectivity index (χ2v) is 6.30. The number of halogens is 2. The highest BCUT2D eigenvalue weighted by Gasteiger charge is 2.09. The third-order valence-corrected chi connectivity index (χ3v) is 3.99. The van der Waals surface area contributed by atoms with Crippen LogP contribution in [0.25, 0.3) is 10.9 Å². The van der Waals surface area contributed by atoms with Crippen molar-refractivity contribution in [3.63, 3.8) is 0 Å². The molecular weight excluding hydrogens is 319 g/mol. The van der Waals surface area contributed by atoms with Gasteiger partial charge in [0.25, 0.3) is 5.56 Å². The molecule has 0 amide bonds. The lowest BCUT2D eigenvalue weighted by Crippen LogP contribution is -2.21. The largest absolute Gasteiger partial charge is 0.294 e. The lowest BCUT2D eigenvalue weighted by Gasteiger charge is -2.09. The minimum absolute atomic E-state index is 0.145. The lowest BCUT2D eigenvalue weighted by molar-refractivity contribution is 0.747. The molecule has 0 aliphatic rings. The molecule has 0 bridgehead atoms. The zero-order chi connectivity index (χ0) is 15.9. The second kappa shape index (κ2) is 5.75. The van der Waals surface area contributed by atoms with Crippen molar-refractivity contribution in [1.82, 2.24) is 9.55 Å². The standard InChI is InChI=1S/C17H14Cl2N2O/c1-10-3-11(2)5-12(4-10)8-21-9-20-16-14(17(21)22)6-13(18)7-15(16)19/h3-7,9H,8H2,1-2H3. The van der Waals surface area contributed by atoms with Crippen LogP contribution in [0.3, 0.4) is 0 Å². The van der Waals surface area contributed by atoms with E-state index >= 15 is 0 Å². The fraction of sp³-hybridized carbons (Fsp3) is 0.176. The van der Waals surface area contributed by atoms with Crippen molar-refractivity contribution in [2.24, 2.45) is 0 Å². The molecule has 0 atom stereocenters. The van der Waals surface area contributed by atoms with Crippen LogP contribution < -0.4 is 5.56 Å². The first kappa shape index (κ1) is 15.1. The van der Waals surface area contributed by atoms with E-state index in [1.165, 1.54) is 17.5 Å². The summed E-state index contributed by atoms with van der Waals surface area (Å²) in [6, 6.07) is 9.43. The molecule has 0 saturated heterocycles. The Hall–Kier alpha value is -1.84. The minimum Gasteiger partial charge on any atom is -0.294 e. The first-order valence-electron chi connectivity index (χ1n) is 6.85. The maximum atomic E-state index is 12.6. The van der Waals surface area contributed by atoms with Crippen molar-refractivity contribution in [2.45, 2.75) is 20.4 Å². The summed E-state index contributed by atoms with van der Waals surface area (Å²) < 4.78 is 1.57. The van der Waals surface area contributed by atoms with Crippen LogP contribution in [0.15, 0.2) is 41.5 Å². The second-order valence-electron chi connectivity index (χ2n) is 5.46. The number of benzene rings is 2. The van der Waals surface area contributed by atoms with E-state index in [0.29, 0.717) is 27.5 Å². The Morgan fingerprint density at radius 3 is 2.41 bits per heavy atom. The molecule has 1 heterocycles. The number of aromatic nitrogens is 2. The van der Waals surface area contributed by atoms with Crippen LogP contribution in [0.2, 0.25) is 10.0 Å². The molecule has 0 spiro atoms. The fourth-order valence-corrected chi connectivity index (χ4v) is 3.21. The molecule has 0 N–H and O–H groups in total. The monoisotopic (exact) mass is 332 g/mol. The summed E-state index contributed by atoms with van der Waals surface area (Å²) in [4.78, 5) is 16.9. The molecule has 0 aliphatic carbocycles. The van der Waals surface area contributed by atoms with Gasteiger partial charge in [0.05, 0.1) is 28.8 Å². The van der Waals surface area contributed by atoms with Crippen molar-refractivity contribution in [2.75, 3.05) is 0 Å². The highest BCUT2D eigenvalue weighted by atomic mass is 35.5.